The van der Waals surface area contributed by atoms with Crippen LogP contribution in [-0.4, -0.2) is 17.3 Å². The normalized spacial score (nSPS) is 21.9. The van der Waals surface area contributed by atoms with E-state index in [4.69, 9.17) is 10.5 Å². The van der Waals surface area contributed by atoms with E-state index in [1.807, 2.05) is 26.8 Å². The second kappa shape index (κ2) is 5.51. The second-order valence-corrected chi connectivity index (χ2v) is 6.16. The van der Waals surface area contributed by atoms with Crippen LogP contribution in [0.1, 0.15) is 50.8 Å². The molecule has 0 heterocycles. The van der Waals surface area contributed by atoms with Crippen LogP contribution in [0.15, 0.2) is 18.2 Å². The van der Waals surface area contributed by atoms with E-state index in [0.717, 1.165) is 25.0 Å². The van der Waals surface area contributed by atoms with Crippen LogP contribution in [0.2, 0.25) is 0 Å². The number of aryl methyl sites for hydroxylation is 1. The highest BCUT2D eigenvalue weighted by molar-refractivity contribution is 5.38. The van der Waals surface area contributed by atoms with Crippen LogP contribution in [0.5, 0.6) is 5.75 Å². The molecule has 0 aromatic heterocycles. The fraction of sp³-hybridized carbons (Fsp3) is 0.625. The van der Waals surface area contributed by atoms with Gasteiger partial charge < -0.3 is 15.6 Å². The van der Waals surface area contributed by atoms with Crippen molar-refractivity contribution < 1.29 is 9.84 Å². The molecule has 0 amide bonds. The molecule has 1 aromatic rings. The molecular weight excluding hydrogens is 238 g/mol. The van der Waals surface area contributed by atoms with Crippen LogP contribution in [0.3, 0.4) is 0 Å². The summed E-state index contributed by atoms with van der Waals surface area (Å²) in [6.07, 6.45) is 3.28. The standard InChI is InChI=1S/C16H25NO2/c1-11(2)16(3,18)10-19-13-7-8-14-12(9-13)5-4-6-15(14)17/h7-9,11,15,18H,4-6,10,17H2,1-3H3. The summed E-state index contributed by atoms with van der Waals surface area (Å²) in [5.74, 6) is 0.993. The number of ether oxygens (including phenoxy) is 1. The maximum absolute atomic E-state index is 10.2. The van der Waals surface area contributed by atoms with Gasteiger partial charge >= 0.3 is 0 Å². The number of nitrogens with two attached hydrogens (primary N) is 1. The van der Waals surface area contributed by atoms with E-state index in [1.165, 1.54) is 11.1 Å². The number of rotatable bonds is 4. The third kappa shape index (κ3) is 3.28. The summed E-state index contributed by atoms with van der Waals surface area (Å²) in [5.41, 5.74) is 7.84. The van der Waals surface area contributed by atoms with Crippen LogP contribution in [-0.2, 0) is 6.42 Å². The first-order valence-electron chi connectivity index (χ1n) is 7.14. The van der Waals surface area contributed by atoms with E-state index < -0.39 is 5.60 Å². The SMILES string of the molecule is CC(C)C(C)(O)COc1ccc2c(c1)CCCC2N. The molecule has 0 saturated heterocycles. The molecule has 3 N–H and O–H groups in total. The van der Waals surface area contributed by atoms with E-state index in [9.17, 15) is 5.11 Å². The Morgan fingerprint density at radius 3 is 2.89 bits per heavy atom. The number of aliphatic hydroxyl groups is 1. The molecule has 2 atom stereocenters. The van der Waals surface area contributed by atoms with E-state index in [2.05, 4.69) is 12.1 Å². The van der Waals surface area contributed by atoms with Gasteiger partial charge in [0.15, 0.2) is 0 Å². The van der Waals surface area contributed by atoms with Crippen LogP contribution in [0.25, 0.3) is 0 Å². The first-order chi connectivity index (χ1) is 8.90. The molecule has 19 heavy (non-hydrogen) atoms. The van der Waals surface area contributed by atoms with E-state index in [0.29, 0.717) is 6.61 Å². The Kier molecular flexibility index (Phi) is 4.16. The van der Waals surface area contributed by atoms with Gasteiger partial charge in [-0.15, -0.1) is 0 Å². The fourth-order valence-electron chi connectivity index (χ4n) is 2.31. The zero-order valence-electron chi connectivity index (χ0n) is 12.1. The summed E-state index contributed by atoms with van der Waals surface area (Å²) in [6.45, 7) is 6.12. The number of hydrogen-bond donors (Lipinski definition) is 2. The van der Waals surface area contributed by atoms with Gasteiger partial charge in [0.05, 0.1) is 5.60 Å². The third-order valence-corrected chi connectivity index (χ3v) is 4.25. The molecule has 3 nitrogen and oxygen atoms in total. The maximum Gasteiger partial charge on any atom is 0.119 e. The van der Waals surface area contributed by atoms with Crippen LogP contribution < -0.4 is 10.5 Å². The van der Waals surface area contributed by atoms with Crippen molar-refractivity contribution >= 4 is 0 Å². The molecule has 1 aliphatic rings. The highest BCUT2D eigenvalue weighted by Crippen LogP contribution is 2.31. The van der Waals surface area contributed by atoms with Gasteiger partial charge in [-0.1, -0.05) is 19.9 Å². The van der Waals surface area contributed by atoms with Crippen LogP contribution in [0.4, 0.5) is 0 Å². The zero-order valence-corrected chi connectivity index (χ0v) is 12.1. The van der Waals surface area contributed by atoms with Crippen molar-refractivity contribution in [3.05, 3.63) is 29.3 Å². The van der Waals surface area contributed by atoms with Crippen LogP contribution >= 0.6 is 0 Å². The molecule has 0 aliphatic heterocycles. The van der Waals surface area contributed by atoms with Crippen molar-refractivity contribution in [3.8, 4) is 5.75 Å². The molecule has 106 valence electrons. The molecule has 2 unspecified atom stereocenters. The number of hydrogen-bond acceptors (Lipinski definition) is 3. The van der Waals surface area contributed by atoms with Gasteiger partial charge in [0.1, 0.15) is 12.4 Å². The van der Waals surface area contributed by atoms with E-state index in [1.54, 1.807) is 0 Å². The average Bonchev–Trinajstić information content (AvgIpc) is 2.36. The minimum absolute atomic E-state index is 0.163. The largest absolute Gasteiger partial charge is 0.491 e. The van der Waals surface area contributed by atoms with Gasteiger partial charge in [-0.2, -0.15) is 0 Å². The lowest BCUT2D eigenvalue weighted by atomic mass is 9.88. The highest BCUT2D eigenvalue weighted by atomic mass is 16.5. The lowest BCUT2D eigenvalue weighted by molar-refractivity contribution is -0.0266. The summed E-state index contributed by atoms with van der Waals surface area (Å²) < 4.78 is 5.74. The Morgan fingerprint density at radius 1 is 1.47 bits per heavy atom. The molecule has 0 bridgehead atoms. The number of benzene rings is 1. The average molecular weight is 263 g/mol. The van der Waals surface area contributed by atoms with Crippen LogP contribution in [0, 0.1) is 5.92 Å². The van der Waals surface area contributed by atoms with Crippen molar-refractivity contribution in [1.82, 2.24) is 0 Å². The molecule has 0 radical (unpaired) electrons. The minimum atomic E-state index is -0.799. The summed E-state index contributed by atoms with van der Waals surface area (Å²) in [6, 6.07) is 6.26. The zero-order chi connectivity index (χ0) is 14.0. The number of fused-ring (bicyclic) bond motifs is 1. The third-order valence-electron chi connectivity index (χ3n) is 4.25. The summed E-state index contributed by atoms with van der Waals surface area (Å²) in [7, 11) is 0. The van der Waals surface area contributed by atoms with Gasteiger partial charge in [0.25, 0.3) is 0 Å². The molecule has 0 saturated carbocycles. The Hall–Kier alpha value is -1.06. The molecule has 1 aliphatic carbocycles. The minimum Gasteiger partial charge on any atom is -0.491 e. The Bertz CT molecular complexity index is 440. The quantitative estimate of drug-likeness (QED) is 0.878. The fourth-order valence-corrected chi connectivity index (χ4v) is 2.31. The molecule has 0 spiro atoms. The predicted molar refractivity (Wildman–Crippen MR) is 77.3 cm³/mol. The topological polar surface area (TPSA) is 55.5 Å². The van der Waals surface area contributed by atoms with E-state index >= 15 is 0 Å². The first-order valence-corrected chi connectivity index (χ1v) is 7.14. The molecule has 1 aromatic carbocycles. The second-order valence-electron chi connectivity index (χ2n) is 6.16. The van der Waals surface area contributed by atoms with Crippen molar-refractivity contribution in [2.24, 2.45) is 11.7 Å². The summed E-state index contributed by atoms with van der Waals surface area (Å²) in [5, 5.41) is 10.2. The molecule has 0 fully saturated rings. The van der Waals surface area contributed by atoms with Gasteiger partial charge in [0.2, 0.25) is 0 Å². The van der Waals surface area contributed by atoms with Gasteiger partial charge in [0, 0.05) is 6.04 Å². The van der Waals surface area contributed by atoms with Crippen molar-refractivity contribution in [2.45, 2.75) is 51.7 Å². The summed E-state index contributed by atoms with van der Waals surface area (Å²) in [4.78, 5) is 0. The van der Waals surface area contributed by atoms with Gasteiger partial charge in [-0.25, -0.2) is 0 Å². The predicted octanol–water partition coefficient (Wildman–Crippen LogP) is 2.81. The maximum atomic E-state index is 10.2. The smallest absolute Gasteiger partial charge is 0.119 e. The molecular formula is C16H25NO2. The van der Waals surface area contributed by atoms with Crippen molar-refractivity contribution in [1.29, 1.82) is 0 Å². The van der Waals surface area contributed by atoms with Gasteiger partial charge in [-0.3, -0.25) is 0 Å². The lowest BCUT2D eigenvalue weighted by Crippen LogP contribution is -2.37. The van der Waals surface area contributed by atoms with Gasteiger partial charge in [-0.05, 0) is 55.4 Å². The van der Waals surface area contributed by atoms with Crippen molar-refractivity contribution in [2.75, 3.05) is 6.61 Å². The molecule has 2 rings (SSSR count). The lowest BCUT2D eigenvalue weighted by Gasteiger charge is -2.28. The molecule has 3 heteroatoms. The van der Waals surface area contributed by atoms with E-state index in [-0.39, 0.29) is 12.0 Å². The first kappa shape index (κ1) is 14.4. The Balaban J connectivity index is 2.07. The Morgan fingerprint density at radius 2 is 2.21 bits per heavy atom. The Labute approximate surface area is 115 Å². The highest BCUT2D eigenvalue weighted by Gasteiger charge is 2.26. The monoisotopic (exact) mass is 263 g/mol. The summed E-state index contributed by atoms with van der Waals surface area (Å²) >= 11 is 0. The van der Waals surface area contributed by atoms with Crippen molar-refractivity contribution in [3.63, 3.8) is 0 Å².